The van der Waals surface area contributed by atoms with Gasteiger partial charge in [-0.05, 0) is 37.2 Å². The standard InChI is InChI=1S/C17H21N3O2S/c21-11-12-6-8-14(9-7-12)19-16(22)20-17-18-10-15(23-17)13-4-2-1-3-5-13/h1-5,10,12,14,21H,6-9,11H2,(H2,18,19,20,22). The molecule has 0 spiro atoms. The highest BCUT2D eigenvalue weighted by atomic mass is 32.1. The fourth-order valence-electron chi connectivity index (χ4n) is 2.88. The molecule has 1 fully saturated rings. The lowest BCUT2D eigenvalue weighted by molar-refractivity contribution is 0.176. The number of anilines is 1. The number of urea groups is 1. The maximum Gasteiger partial charge on any atom is 0.321 e. The molecule has 1 aliphatic rings. The second kappa shape index (κ2) is 7.57. The topological polar surface area (TPSA) is 74.2 Å². The summed E-state index contributed by atoms with van der Waals surface area (Å²) in [6, 6.07) is 9.98. The summed E-state index contributed by atoms with van der Waals surface area (Å²) in [5.74, 6) is 0.392. The molecular formula is C17H21N3O2S. The maximum absolute atomic E-state index is 12.1. The highest BCUT2D eigenvalue weighted by molar-refractivity contribution is 7.19. The minimum Gasteiger partial charge on any atom is -0.396 e. The Labute approximate surface area is 139 Å². The van der Waals surface area contributed by atoms with Crippen LogP contribution >= 0.6 is 11.3 Å². The van der Waals surface area contributed by atoms with Crippen LogP contribution in [0.25, 0.3) is 10.4 Å². The fourth-order valence-corrected chi connectivity index (χ4v) is 3.69. The molecule has 0 saturated heterocycles. The molecule has 2 aromatic rings. The van der Waals surface area contributed by atoms with Crippen LogP contribution in [0.3, 0.4) is 0 Å². The number of rotatable bonds is 4. The van der Waals surface area contributed by atoms with E-state index in [-0.39, 0.29) is 18.7 Å². The van der Waals surface area contributed by atoms with Gasteiger partial charge in [-0.3, -0.25) is 5.32 Å². The molecule has 1 aliphatic carbocycles. The van der Waals surface area contributed by atoms with Crippen LogP contribution in [-0.4, -0.2) is 28.8 Å². The quantitative estimate of drug-likeness (QED) is 0.803. The first kappa shape index (κ1) is 16.0. The fraction of sp³-hybridized carbons (Fsp3) is 0.412. The van der Waals surface area contributed by atoms with Crippen LogP contribution in [0.15, 0.2) is 36.5 Å². The van der Waals surface area contributed by atoms with Crippen LogP contribution in [-0.2, 0) is 0 Å². The molecule has 1 aromatic heterocycles. The predicted octanol–water partition coefficient (Wildman–Crippen LogP) is 3.48. The zero-order chi connectivity index (χ0) is 16.1. The Morgan fingerprint density at radius 2 is 1.96 bits per heavy atom. The summed E-state index contributed by atoms with van der Waals surface area (Å²) < 4.78 is 0. The van der Waals surface area contributed by atoms with Gasteiger partial charge in [-0.15, -0.1) is 0 Å². The molecule has 0 radical (unpaired) electrons. The van der Waals surface area contributed by atoms with Crippen molar-refractivity contribution in [3.63, 3.8) is 0 Å². The molecule has 0 aliphatic heterocycles. The van der Waals surface area contributed by atoms with E-state index < -0.39 is 0 Å². The van der Waals surface area contributed by atoms with Crippen LogP contribution < -0.4 is 10.6 Å². The molecule has 2 amide bonds. The first-order valence-corrected chi connectivity index (χ1v) is 8.76. The Hall–Kier alpha value is -1.92. The van der Waals surface area contributed by atoms with Crippen molar-refractivity contribution in [1.82, 2.24) is 10.3 Å². The van der Waals surface area contributed by atoms with Crippen LogP contribution in [0.4, 0.5) is 9.93 Å². The molecule has 0 unspecified atom stereocenters. The summed E-state index contributed by atoms with van der Waals surface area (Å²) in [5.41, 5.74) is 1.10. The third-order valence-electron chi connectivity index (χ3n) is 4.22. The van der Waals surface area contributed by atoms with Gasteiger partial charge in [0.05, 0.1) is 4.88 Å². The van der Waals surface area contributed by atoms with E-state index in [1.165, 1.54) is 11.3 Å². The van der Waals surface area contributed by atoms with E-state index in [1.807, 2.05) is 30.3 Å². The summed E-state index contributed by atoms with van der Waals surface area (Å²) in [6.45, 7) is 0.250. The van der Waals surface area contributed by atoms with Crippen LogP contribution in [0.5, 0.6) is 0 Å². The Morgan fingerprint density at radius 3 is 2.65 bits per heavy atom. The minimum atomic E-state index is -0.202. The molecule has 122 valence electrons. The molecule has 23 heavy (non-hydrogen) atoms. The molecular weight excluding hydrogens is 310 g/mol. The van der Waals surface area contributed by atoms with Crippen molar-refractivity contribution in [1.29, 1.82) is 0 Å². The average Bonchev–Trinajstić information content (AvgIpc) is 3.04. The van der Waals surface area contributed by atoms with Gasteiger partial charge in [0.1, 0.15) is 0 Å². The van der Waals surface area contributed by atoms with E-state index in [9.17, 15) is 4.79 Å². The Balaban J connectivity index is 1.52. The number of nitrogens with zero attached hydrogens (tertiary/aromatic N) is 1. The molecule has 3 N–H and O–H groups in total. The normalized spacial score (nSPS) is 20.9. The number of aliphatic hydroxyl groups excluding tert-OH is 1. The number of carbonyl (C=O) groups excluding carboxylic acids is 1. The number of nitrogens with one attached hydrogen (secondary N) is 2. The van der Waals surface area contributed by atoms with Gasteiger partial charge in [0.2, 0.25) is 0 Å². The van der Waals surface area contributed by atoms with E-state index in [1.54, 1.807) is 6.20 Å². The lowest BCUT2D eigenvalue weighted by atomic mass is 9.87. The van der Waals surface area contributed by atoms with Crippen molar-refractivity contribution < 1.29 is 9.90 Å². The molecule has 0 atom stereocenters. The van der Waals surface area contributed by atoms with Crippen molar-refractivity contribution in [2.75, 3.05) is 11.9 Å². The van der Waals surface area contributed by atoms with E-state index >= 15 is 0 Å². The van der Waals surface area contributed by atoms with E-state index in [0.29, 0.717) is 11.0 Å². The van der Waals surface area contributed by atoms with Crippen LogP contribution in [0, 0.1) is 5.92 Å². The number of thiazole rings is 1. The lowest BCUT2D eigenvalue weighted by Gasteiger charge is -2.27. The van der Waals surface area contributed by atoms with Gasteiger partial charge < -0.3 is 10.4 Å². The molecule has 1 saturated carbocycles. The Kier molecular flexibility index (Phi) is 5.25. The largest absolute Gasteiger partial charge is 0.396 e. The van der Waals surface area contributed by atoms with Gasteiger partial charge in [-0.25, -0.2) is 9.78 Å². The van der Waals surface area contributed by atoms with Gasteiger partial charge in [0.15, 0.2) is 5.13 Å². The first-order chi connectivity index (χ1) is 11.2. The lowest BCUT2D eigenvalue weighted by Crippen LogP contribution is -2.40. The summed E-state index contributed by atoms with van der Waals surface area (Å²) in [4.78, 5) is 17.4. The van der Waals surface area contributed by atoms with E-state index in [0.717, 1.165) is 36.1 Å². The van der Waals surface area contributed by atoms with Gasteiger partial charge in [-0.1, -0.05) is 41.7 Å². The van der Waals surface area contributed by atoms with E-state index in [2.05, 4.69) is 15.6 Å². The van der Waals surface area contributed by atoms with Crippen LogP contribution in [0.2, 0.25) is 0 Å². The monoisotopic (exact) mass is 331 g/mol. The SMILES string of the molecule is O=C(Nc1ncc(-c2ccccc2)s1)NC1CCC(CO)CC1. The zero-order valence-corrected chi connectivity index (χ0v) is 13.7. The van der Waals surface area contributed by atoms with Crippen molar-refractivity contribution in [2.45, 2.75) is 31.7 Å². The van der Waals surface area contributed by atoms with Crippen molar-refractivity contribution in [3.05, 3.63) is 36.5 Å². The highest BCUT2D eigenvalue weighted by Gasteiger charge is 2.22. The highest BCUT2D eigenvalue weighted by Crippen LogP contribution is 2.28. The van der Waals surface area contributed by atoms with Gasteiger partial charge in [0, 0.05) is 18.8 Å². The number of carbonyl (C=O) groups is 1. The number of aliphatic hydroxyl groups is 1. The maximum atomic E-state index is 12.1. The Morgan fingerprint density at radius 1 is 1.22 bits per heavy atom. The predicted molar refractivity (Wildman–Crippen MR) is 92.5 cm³/mol. The third-order valence-corrected chi connectivity index (χ3v) is 5.19. The molecule has 5 nitrogen and oxygen atoms in total. The van der Waals surface area contributed by atoms with Crippen LogP contribution in [0.1, 0.15) is 25.7 Å². The number of amides is 2. The number of hydrogen-bond donors (Lipinski definition) is 3. The van der Waals surface area contributed by atoms with Gasteiger partial charge >= 0.3 is 6.03 Å². The van der Waals surface area contributed by atoms with Gasteiger partial charge in [0.25, 0.3) is 0 Å². The van der Waals surface area contributed by atoms with Gasteiger partial charge in [-0.2, -0.15) is 0 Å². The Bertz CT molecular complexity index is 636. The average molecular weight is 331 g/mol. The van der Waals surface area contributed by atoms with E-state index in [4.69, 9.17) is 5.11 Å². The molecule has 3 rings (SSSR count). The molecule has 6 heteroatoms. The van der Waals surface area contributed by atoms with Crippen molar-refractivity contribution in [2.24, 2.45) is 5.92 Å². The molecule has 1 heterocycles. The summed E-state index contributed by atoms with van der Waals surface area (Å²) in [6.07, 6.45) is 5.56. The van der Waals surface area contributed by atoms with Crippen molar-refractivity contribution in [3.8, 4) is 10.4 Å². The molecule has 1 aromatic carbocycles. The summed E-state index contributed by atoms with van der Waals surface area (Å²) in [5, 5.41) is 15.6. The zero-order valence-electron chi connectivity index (χ0n) is 12.9. The summed E-state index contributed by atoms with van der Waals surface area (Å²) >= 11 is 1.46. The smallest absolute Gasteiger partial charge is 0.321 e. The number of benzene rings is 1. The second-order valence-corrected chi connectivity index (χ2v) is 6.93. The first-order valence-electron chi connectivity index (χ1n) is 7.94. The number of aromatic nitrogens is 1. The summed E-state index contributed by atoms with van der Waals surface area (Å²) in [7, 11) is 0. The minimum absolute atomic E-state index is 0.186. The second-order valence-electron chi connectivity index (χ2n) is 5.89. The number of hydrogen-bond acceptors (Lipinski definition) is 4. The molecule has 0 bridgehead atoms. The third kappa shape index (κ3) is 4.30. The van der Waals surface area contributed by atoms with Crippen molar-refractivity contribution >= 4 is 22.5 Å².